The van der Waals surface area contributed by atoms with Crippen molar-refractivity contribution in [3.8, 4) is 6.07 Å². The molecule has 1 fully saturated rings. The van der Waals surface area contributed by atoms with Crippen LogP contribution in [0.25, 0.3) is 11.0 Å². The molecule has 2 aromatic rings. The molecule has 3 unspecified atom stereocenters. The van der Waals surface area contributed by atoms with Gasteiger partial charge in [-0.2, -0.15) is 5.26 Å². The van der Waals surface area contributed by atoms with Crippen LogP contribution in [0.1, 0.15) is 43.1 Å². The molecule has 0 N–H and O–H groups in total. The summed E-state index contributed by atoms with van der Waals surface area (Å²) in [5, 5.41) is 9.07. The molecule has 3 atom stereocenters. The van der Waals surface area contributed by atoms with E-state index in [2.05, 4.69) is 22.5 Å². The summed E-state index contributed by atoms with van der Waals surface area (Å²) in [6.07, 6.45) is 1.05. The van der Waals surface area contributed by atoms with Gasteiger partial charge < -0.3 is 9.30 Å². The van der Waals surface area contributed by atoms with Crippen LogP contribution >= 0.6 is 11.6 Å². The SMILES string of the molecule is CC(Cl)c1nc2c(C#N)cccc2n1C(C)C1CCOC1. The van der Waals surface area contributed by atoms with Gasteiger partial charge in [-0.1, -0.05) is 6.07 Å². The zero-order chi connectivity index (χ0) is 15.0. The van der Waals surface area contributed by atoms with Gasteiger partial charge in [0.1, 0.15) is 17.4 Å². The molecule has 1 aliphatic heterocycles. The molecule has 5 heteroatoms. The molecule has 0 bridgehead atoms. The maximum atomic E-state index is 9.27. The molecule has 0 amide bonds. The molecule has 2 heterocycles. The van der Waals surface area contributed by atoms with Gasteiger partial charge in [-0.25, -0.2) is 4.98 Å². The lowest BCUT2D eigenvalue weighted by Gasteiger charge is -2.23. The number of rotatable bonds is 3. The summed E-state index contributed by atoms with van der Waals surface area (Å²) < 4.78 is 7.70. The molecule has 0 spiro atoms. The number of benzene rings is 1. The molecule has 3 rings (SSSR count). The summed E-state index contributed by atoms with van der Waals surface area (Å²) >= 11 is 6.33. The molecule has 110 valence electrons. The number of ether oxygens (including phenoxy) is 1. The Morgan fingerprint density at radius 1 is 1.48 bits per heavy atom. The van der Waals surface area contributed by atoms with E-state index in [1.54, 1.807) is 6.07 Å². The molecule has 0 aliphatic carbocycles. The fourth-order valence-electron chi connectivity index (χ4n) is 3.08. The van der Waals surface area contributed by atoms with Crippen molar-refractivity contribution in [2.45, 2.75) is 31.7 Å². The fraction of sp³-hybridized carbons (Fsp3) is 0.500. The highest BCUT2D eigenvalue weighted by Crippen LogP contribution is 2.34. The van der Waals surface area contributed by atoms with Crippen LogP contribution in [-0.2, 0) is 4.74 Å². The average Bonchev–Trinajstić information content (AvgIpc) is 3.13. The van der Waals surface area contributed by atoms with E-state index < -0.39 is 0 Å². The van der Waals surface area contributed by atoms with Gasteiger partial charge in [-0.3, -0.25) is 0 Å². The van der Waals surface area contributed by atoms with E-state index in [4.69, 9.17) is 16.3 Å². The topological polar surface area (TPSA) is 50.8 Å². The lowest BCUT2D eigenvalue weighted by atomic mass is 10.00. The van der Waals surface area contributed by atoms with Gasteiger partial charge in [-0.05, 0) is 32.4 Å². The minimum atomic E-state index is -0.200. The number of imidazole rings is 1. The summed E-state index contributed by atoms with van der Waals surface area (Å²) in [6, 6.07) is 8.18. The lowest BCUT2D eigenvalue weighted by molar-refractivity contribution is 0.175. The summed E-state index contributed by atoms with van der Waals surface area (Å²) in [5.41, 5.74) is 2.32. The molecular formula is C16H18ClN3O. The Morgan fingerprint density at radius 3 is 2.90 bits per heavy atom. The Kier molecular flexibility index (Phi) is 3.88. The second kappa shape index (κ2) is 5.67. The van der Waals surface area contributed by atoms with Crippen molar-refractivity contribution in [1.82, 2.24) is 9.55 Å². The van der Waals surface area contributed by atoms with Crippen molar-refractivity contribution in [2.75, 3.05) is 13.2 Å². The van der Waals surface area contributed by atoms with Crippen LogP contribution in [0.3, 0.4) is 0 Å². The van der Waals surface area contributed by atoms with Crippen LogP contribution in [0.2, 0.25) is 0 Å². The quantitative estimate of drug-likeness (QED) is 0.810. The van der Waals surface area contributed by atoms with Crippen LogP contribution in [0, 0.1) is 17.2 Å². The summed E-state index contributed by atoms with van der Waals surface area (Å²) in [5.74, 6) is 1.29. The molecule has 21 heavy (non-hydrogen) atoms. The third kappa shape index (κ3) is 2.41. The molecule has 1 aliphatic rings. The highest BCUT2D eigenvalue weighted by atomic mass is 35.5. The Hall–Kier alpha value is -1.57. The van der Waals surface area contributed by atoms with E-state index in [0.29, 0.717) is 11.5 Å². The second-order valence-electron chi connectivity index (χ2n) is 5.61. The molecular weight excluding hydrogens is 286 g/mol. The summed E-state index contributed by atoms with van der Waals surface area (Å²) in [6.45, 7) is 5.69. The number of hydrogen-bond donors (Lipinski definition) is 0. The van der Waals surface area contributed by atoms with Crippen molar-refractivity contribution in [2.24, 2.45) is 5.92 Å². The first-order valence-corrected chi connectivity index (χ1v) is 7.70. The fourth-order valence-corrected chi connectivity index (χ4v) is 3.23. The number of para-hydroxylation sites is 1. The van der Waals surface area contributed by atoms with Crippen LogP contribution in [0.4, 0.5) is 0 Å². The number of aromatic nitrogens is 2. The van der Waals surface area contributed by atoms with E-state index in [0.717, 1.165) is 36.5 Å². The Morgan fingerprint density at radius 2 is 2.29 bits per heavy atom. The van der Waals surface area contributed by atoms with E-state index in [9.17, 15) is 5.26 Å². The molecule has 1 aromatic carbocycles. The number of alkyl halides is 1. The molecule has 0 radical (unpaired) electrons. The Balaban J connectivity index is 2.19. The van der Waals surface area contributed by atoms with E-state index in [-0.39, 0.29) is 11.4 Å². The first-order chi connectivity index (χ1) is 10.1. The van der Waals surface area contributed by atoms with E-state index in [1.165, 1.54) is 0 Å². The predicted molar refractivity (Wildman–Crippen MR) is 82.4 cm³/mol. The van der Waals surface area contributed by atoms with Crippen LogP contribution in [-0.4, -0.2) is 22.8 Å². The first-order valence-electron chi connectivity index (χ1n) is 7.26. The van der Waals surface area contributed by atoms with Gasteiger partial charge in [0.05, 0.1) is 23.1 Å². The van der Waals surface area contributed by atoms with Crippen molar-refractivity contribution in [3.05, 3.63) is 29.6 Å². The largest absolute Gasteiger partial charge is 0.381 e. The van der Waals surface area contributed by atoms with Gasteiger partial charge in [0.25, 0.3) is 0 Å². The molecule has 1 aromatic heterocycles. The van der Waals surface area contributed by atoms with Crippen molar-refractivity contribution in [3.63, 3.8) is 0 Å². The average molecular weight is 304 g/mol. The minimum absolute atomic E-state index is 0.200. The number of fused-ring (bicyclic) bond motifs is 1. The van der Waals surface area contributed by atoms with Crippen molar-refractivity contribution in [1.29, 1.82) is 5.26 Å². The first kappa shape index (κ1) is 14.4. The Bertz CT molecular complexity index is 695. The zero-order valence-electron chi connectivity index (χ0n) is 12.2. The maximum absolute atomic E-state index is 9.27. The van der Waals surface area contributed by atoms with Gasteiger partial charge >= 0.3 is 0 Å². The van der Waals surface area contributed by atoms with Gasteiger partial charge in [0, 0.05) is 18.6 Å². The van der Waals surface area contributed by atoms with E-state index >= 15 is 0 Å². The van der Waals surface area contributed by atoms with Crippen molar-refractivity contribution < 1.29 is 4.74 Å². The number of hydrogen-bond acceptors (Lipinski definition) is 3. The monoisotopic (exact) mass is 303 g/mol. The third-order valence-electron chi connectivity index (χ3n) is 4.28. The number of halogens is 1. The summed E-state index contributed by atoms with van der Waals surface area (Å²) in [7, 11) is 0. The molecule has 0 saturated carbocycles. The van der Waals surface area contributed by atoms with Gasteiger partial charge in [0.15, 0.2) is 0 Å². The lowest BCUT2D eigenvalue weighted by Crippen LogP contribution is -2.19. The van der Waals surface area contributed by atoms with Crippen LogP contribution < -0.4 is 0 Å². The normalized spacial score (nSPS) is 21.3. The minimum Gasteiger partial charge on any atom is -0.381 e. The number of nitrogens with zero attached hydrogens (tertiary/aromatic N) is 3. The number of nitriles is 1. The zero-order valence-corrected chi connectivity index (χ0v) is 13.0. The highest BCUT2D eigenvalue weighted by molar-refractivity contribution is 6.20. The van der Waals surface area contributed by atoms with Gasteiger partial charge in [-0.15, -0.1) is 11.6 Å². The van der Waals surface area contributed by atoms with E-state index in [1.807, 2.05) is 19.1 Å². The van der Waals surface area contributed by atoms with Crippen molar-refractivity contribution >= 4 is 22.6 Å². The van der Waals surface area contributed by atoms with Gasteiger partial charge in [0.2, 0.25) is 0 Å². The maximum Gasteiger partial charge on any atom is 0.128 e. The van der Waals surface area contributed by atoms with Crippen LogP contribution in [0.15, 0.2) is 18.2 Å². The second-order valence-corrected chi connectivity index (χ2v) is 6.26. The predicted octanol–water partition coefficient (Wildman–Crippen LogP) is 3.81. The highest BCUT2D eigenvalue weighted by Gasteiger charge is 2.28. The smallest absolute Gasteiger partial charge is 0.128 e. The standard InChI is InChI=1S/C16H18ClN3O/c1-10(17)16-19-15-12(8-18)4-3-5-14(15)20(16)11(2)13-6-7-21-9-13/h3-5,10-11,13H,6-7,9H2,1-2H3. The Labute approximate surface area is 129 Å². The summed E-state index contributed by atoms with van der Waals surface area (Å²) in [4.78, 5) is 4.64. The van der Waals surface area contributed by atoms with Crippen LogP contribution in [0.5, 0.6) is 0 Å². The molecule has 4 nitrogen and oxygen atoms in total. The molecule has 1 saturated heterocycles. The third-order valence-corrected chi connectivity index (χ3v) is 4.47.